The SMILES string of the molecule is CNC(=O)C(Cc1ccccc1)N(Cc1ccc(Cl)cc1Cl)C(=O)CN(c1ccc(C)cc1)S(=O)(=O)c1ccc(SC)cc1. The van der Waals surface area contributed by atoms with Gasteiger partial charge in [-0.3, -0.25) is 13.9 Å². The highest BCUT2D eigenvalue weighted by atomic mass is 35.5. The smallest absolute Gasteiger partial charge is 0.264 e. The van der Waals surface area contributed by atoms with Crippen molar-refractivity contribution in [1.29, 1.82) is 0 Å². The monoisotopic (exact) mass is 669 g/mol. The fourth-order valence-corrected chi connectivity index (χ4v) is 6.96. The number of likely N-dealkylation sites (N-methyl/N-ethyl adjacent to an activating group) is 1. The van der Waals surface area contributed by atoms with Gasteiger partial charge in [0.1, 0.15) is 12.6 Å². The second kappa shape index (κ2) is 15.0. The predicted octanol–water partition coefficient (Wildman–Crippen LogP) is 6.61. The predicted molar refractivity (Wildman–Crippen MR) is 179 cm³/mol. The first-order valence-electron chi connectivity index (χ1n) is 13.8. The summed E-state index contributed by atoms with van der Waals surface area (Å²) in [5, 5.41) is 3.41. The number of aryl methyl sites for hydroxylation is 1. The van der Waals surface area contributed by atoms with Gasteiger partial charge in [-0.1, -0.05) is 77.3 Å². The van der Waals surface area contributed by atoms with Gasteiger partial charge in [-0.25, -0.2) is 8.42 Å². The van der Waals surface area contributed by atoms with E-state index in [9.17, 15) is 18.0 Å². The molecule has 0 saturated heterocycles. The average molecular weight is 671 g/mol. The van der Waals surface area contributed by atoms with Gasteiger partial charge in [0.05, 0.1) is 10.6 Å². The Morgan fingerprint density at radius 1 is 0.909 bits per heavy atom. The molecule has 11 heteroatoms. The highest BCUT2D eigenvalue weighted by Gasteiger charge is 2.34. The zero-order valence-corrected chi connectivity index (χ0v) is 27.7. The number of thioether (sulfide) groups is 1. The van der Waals surface area contributed by atoms with Gasteiger partial charge in [0.25, 0.3) is 10.0 Å². The van der Waals surface area contributed by atoms with Crippen LogP contribution in [0.2, 0.25) is 10.0 Å². The summed E-state index contributed by atoms with van der Waals surface area (Å²) >= 11 is 14.1. The first-order chi connectivity index (χ1) is 21.0. The lowest BCUT2D eigenvalue weighted by Crippen LogP contribution is -2.53. The van der Waals surface area contributed by atoms with Crippen LogP contribution in [0.1, 0.15) is 16.7 Å². The van der Waals surface area contributed by atoms with Gasteiger partial charge in [-0.2, -0.15) is 0 Å². The number of carbonyl (C=O) groups is 2. The first kappa shape index (κ1) is 33.4. The zero-order valence-electron chi connectivity index (χ0n) is 24.5. The second-order valence-electron chi connectivity index (χ2n) is 10.1. The van der Waals surface area contributed by atoms with Crippen LogP contribution < -0.4 is 9.62 Å². The lowest BCUT2D eigenvalue weighted by molar-refractivity contribution is -0.139. The number of sulfonamides is 1. The second-order valence-corrected chi connectivity index (χ2v) is 13.7. The Bertz CT molecular complexity index is 1700. The van der Waals surface area contributed by atoms with E-state index >= 15 is 0 Å². The molecule has 4 rings (SSSR count). The summed E-state index contributed by atoms with van der Waals surface area (Å²) < 4.78 is 29.3. The Morgan fingerprint density at radius 2 is 1.57 bits per heavy atom. The van der Waals surface area contributed by atoms with Crippen LogP contribution in [0.15, 0.2) is 107 Å². The highest BCUT2D eigenvalue weighted by Crippen LogP contribution is 2.28. The van der Waals surface area contributed by atoms with E-state index in [1.807, 2.05) is 43.5 Å². The molecule has 230 valence electrons. The molecule has 0 heterocycles. The molecule has 0 radical (unpaired) electrons. The number of rotatable bonds is 12. The summed E-state index contributed by atoms with van der Waals surface area (Å²) in [5.41, 5.74) is 2.65. The number of nitrogens with zero attached hydrogens (tertiary/aromatic N) is 2. The number of hydrogen-bond acceptors (Lipinski definition) is 5. The lowest BCUT2D eigenvalue weighted by Gasteiger charge is -2.33. The molecule has 7 nitrogen and oxygen atoms in total. The highest BCUT2D eigenvalue weighted by molar-refractivity contribution is 7.98. The third-order valence-corrected chi connectivity index (χ3v) is 10.2. The average Bonchev–Trinajstić information content (AvgIpc) is 3.03. The number of nitrogens with one attached hydrogen (secondary N) is 1. The number of halogens is 2. The normalized spacial score (nSPS) is 11.9. The summed E-state index contributed by atoms with van der Waals surface area (Å²) in [4.78, 5) is 30.1. The number of amides is 2. The Hall–Kier alpha value is -3.50. The third kappa shape index (κ3) is 8.15. The molecule has 0 aliphatic carbocycles. The summed E-state index contributed by atoms with van der Waals surface area (Å²) in [5.74, 6) is -0.977. The van der Waals surface area contributed by atoms with Crippen molar-refractivity contribution in [3.05, 3.63) is 124 Å². The molecule has 1 unspecified atom stereocenters. The zero-order chi connectivity index (χ0) is 31.9. The quantitative estimate of drug-likeness (QED) is 0.172. The van der Waals surface area contributed by atoms with Crippen LogP contribution in [0.3, 0.4) is 0 Å². The molecule has 4 aromatic carbocycles. The Labute approximate surface area is 273 Å². The van der Waals surface area contributed by atoms with E-state index in [1.54, 1.807) is 54.6 Å². The van der Waals surface area contributed by atoms with Crippen LogP contribution in [-0.4, -0.2) is 51.0 Å². The molecule has 0 aromatic heterocycles. The third-order valence-electron chi connectivity index (χ3n) is 7.12. The molecular weight excluding hydrogens is 637 g/mol. The maximum absolute atomic E-state index is 14.4. The Morgan fingerprint density at radius 3 is 2.16 bits per heavy atom. The van der Waals surface area contributed by atoms with Crippen molar-refractivity contribution in [1.82, 2.24) is 10.2 Å². The van der Waals surface area contributed by atoms with Crippen LogP contribution in [-0.2, 0) is 32.6 Å². The van der Waals surface area contributed by atoms with Crippen LogP contribution in [0.4, 0.5) is 5.69 Å². The van der Waals surface area contributed by atoms with E-state index in [-0.39, 0.29) is 17.9 Å². The summed E-state index contributed by atoms with van der Waals surface area (Å²) in [6.07, 6.45) is 2.10. The van der Waals surface area contributed by atoms with Gasteiger partial charge in [0, 0.05) is 35.0 Å². The van der Waals surface area contributed by atoms with Gasteiger partial charge in [0.15, 0.2) is 0 Å². The van der Waals surface area contributed by atoms with Crippen molar-refractivity contribution < 1.29 is 18.0 Å². The molecule has 1 N–H and O–H groups in total. The largest absolute Gasteiger partial charge is 0.357 e. The molecular formula is C33H33Cl2N3O4S2. The van der Waals surface area contributed by atoms with Gasteiger partial charge in [-0.15, -0.1) is 11.8 Å². The molecule has 0 bridgehead atoms. The molecule has 0 spiro atoms. The van der Waals surface area contributed by atoms with E-state index in [4.69, 9.17) is 23.2 Å². The Kier molecular flexibility index (Phi) is 11.4. The minimum atomic E-state index is -4.19. The lowest BCUT2D eigenvalue weighted by atomic mass is 10.0. The summed E-state index contributed by atoms with van der Waals surface area (Å²) in [6.45, 7) is 1.29. The molecule has 4 aromatic rings. The number of anilines is 1. The summed E-state index contributed by atoms with van der Waals surface area (Å²) in [6, 6.07) is 26.7. The van der Waals surface area contributed by atoms with Crippen molar-refractivity contribution in [3.8, 4) is 0 Å². The van der Waals surface area contributed by atoms with Crippen molar-refractivity contribution >= 4 is 62.5 Å². The number of hydrogen-bond donors (Lipinski definition) is 1. The molecule has 0 saturated carbocycles. The molecule has 0 aliphatic heterocycles. The van der Waals surface area contributed by atoms with Crippen LogP contribution in [0.5, 0.6) is 0 Å². The van der Waals surface area contributed by atoms with Crippen molar-refractivity contribution in [2.75, 3.05) is 24.2 Å². The fraction of sp³-hybridized carbons (Fsp3) is 0.212. The van der Waals surface area contributed by atoms with Crippen molar-refractivity contribution in [3.63, 3.8) is 0 Å². The molecule has 2 amide bonds. The van der Waals surface area contributed by atoms with Crippen LogP contribution >= 0.6 is 35.0 Å². The van der Waals surface area contributed by atoms with E-state index < -0.39 is 34.4 Å². The minimum Gasteiger partial charge on any atom is -0.357 e. The van der Waals surface area contributed by atoms with Gasteiger partial charge >= 0.3 is 0 Å². The topological polar surface area (TPSA) is 86.8 Å². The van der Waals surface area contributed by atoms with Gasteiger partial charge in [-0.05, 0) is 72.8 Å². The minimum absolute atomic E-state index is 0.0445. The van der Waals surface area contributed by atoms with Crippen molar-refractivity contribution in [2.45, 2.75) is 35.7 Å². The van der Waals surface area contributed by atoms with Crippen molar-refractivity contribution in [2.24, 2.45) is 0 Å². The number of benzene rings is 4. The fourth-order valence-electron chi connectivity index (χ4n) is 4.67. The van der Waals surface area contributed by atoms with E-state index in [0.29, 0.717) is 21.3 Å². The standard InChI is InChI=1S/C33H33Cl2N3O4S2/c1-23-9-13-27(14-10-23)38(44(41,42)29-17-15-28(43-3)16-18-29)22-32(39)37(21-25-11-12-26(34)20-30(25)35)31(33(40)36-2)19-24-7-5-4-6-8-24/h4-18,20,31H,19,21-22H2,1-3H3,(H,36,40). The molecule has 0 aliphatic rings. The first-order valence-corrected chi connectivity index (χ1v) is 17.2. The number of carbonyl (C=O) groups excluding carboxylic acids is 2. The summed E-state index contributed by atoms with van der Waals surface area (Å²) in [7, 11) is -2.69. The van der Waals surface area contributed by atoms with E-state index in [0.717, 1.165) is 20.3 Å². The van der Waals surface area contributed by atoms with Crippen LogP contribution in [0, 0.1) is 6.92 Å². The maximum Gasteiger partial charge on any atom is 0.264 e. The van der Waals surface area contributed by atoms with E-state index in [2.05, 4.69) is 5.32 Å². The van der Waals surface area contributed by atoms with E-state index in [1.165, 1.54) is 35.8 Å². The maximum atomic E-state index is 14.4. The van der Waals surface area contributed by atoms with Gasteiger partial charge in [0.2, 0.25) is 11.8 Å². The molecule has 0 fully saturated rings. The molecule has 44 heavy (non-hydrogen) atoms. The Balaban J connectivity index is 1.80. The van der Waals surface area contributed by atoms with Gasteiger partial charge < -0.3 is 10.2 Å². The molecule has 1 atom stereocenters. The van der Waals surface area contributed by atoms with Crippen LogP contribution in [0.25, 0.3) is 0 Å².